The lowest BCUT2D eigenvalue weighted by Crippen LogP contribution is -2.22. The third kappa shape index (κ3) is 2.06. The minimum atomic E-state index is 0.141. The van der Waals surface area contributed by atoms with Gasteiger partial charge in [0.15, 0.2) is 0 Å². The number of aromatic nitrogens is 1. The fraction of sp³-hybridized carbons (Fsp3) is 0.583. The first-order valence-electron chi connectivity index (χ1n) is 5.43. The average molecular weight is 191 g/mol. The first-order valence-corrected chi connectivity index (χ1v) is 5.43. The number of nitrogens with zero attached hydrogens (tertiary/aromatic N) is 1. The summed E-state index contributed by atoms with van der Waals surface area (Å²) in [4.78, 5) is 11.5. The molecule has 1 aromatic heterocycles. The summed E-state index contributed by atoms with van der Waals surface area (Å²) in [5, 5.41) is 0. The topological polar surface area (TPSA) is 22.0 Å². The molecule has 1 heterocycles. The molecule has 0 N–H and O–H groups in total. The van der Waals surface area contributed by atoms with Gasteiger partial charge in [-0.15, -0.1) is 0 Å². The number of hydrogen-bond acceptors (Lipinski definition) is 1. The Morgan fingerprint density at radius 1 is 1.36 bits per heavy atom. The molecule has 0 amide bonds. The Morgan fingerprint density at radius 2 is 2.07 bits per heavy atom. The highest BCUT2D eigenvalue weighted by Crippen LogP contribution is 2.25. The van der Waals surface area contributed by atoms with Crippen molar-refractivity contribution < 1.29 is 0 Å². The molecule has 76 valence electrons. The molecule has 0 aliphatic heterocycles. The summed E-state index contributed by atoms with van der Waals surface area (Å²) in [6.45, 7) is 2.95. The summed E-state index contributed by atoms with van der Waals surface area (Å²) in [5.41, 5.74) is 1.31. The van der Waals surface area contributed by atoms with Crippen molar-refractivity contribution >= 4 is 0 Å². The van der Waals surface area contributed by atoms with Crippen molar-refractivity contribution in [2.24, 2.45) is 5.92 Å². The van der Waals surface area contributed by atoms with Gasteiger partial charge >= 0.3 is 0 Å². The van der Waals surface area contributed by atoms with Crippen LogP contribution in [-0.2, 0) is 6.54 Å². The minimum absolute atomic E-state index is 0.141. The van der Waals surface area contributed by atoms with E-state index in [0.29, 0.717) is 0 Å². The molecule has 0 saturated heterocycles. The monoisotopic (exact) mass is 191 g/mol. The van der Waals surface area contributed by atoms with Gasteiger partial charge in [0, 0.05) is 18.8 Å². The molecular formula is C12H17NO. The highest BCUT2D eigenvalue weighted by Gasteiger charge is 2.15. The Labute approximate surface area is 84.6 Å². The van der Waals surface area contributed by atoms with E-state index < -0.39 is 0 Å². The van der Waals surface area contributed by atoms with Crippen LogP contribution in [-0.4, -0.2) is 4.57 Å². The summed E-state index contributed by atoms with van der Waals surface area (Å²) in [6, 6.07) is 3.55. The molecular weight excluding hydrogens is 174 g/mol. The molecule has 1 aliphatic rings. The number of hydrogen-bond donors (Lipinski definition) is 0. The molecule has 2 rings (SSSR count). The summed E-state index contributed by atoms with van der Waals surface area (Å²) in [6.07, 6.45) is 7.23. The van der Waals surface area contributed by atoms with Crippen molar-refractivity contribution in [3.63, 3.8) is 0 Å². The fourth-order valence-corrected chi connectivity index (χ4v) is 2.26. The zero-order valence-corrected chi connectivity index (χ0v) is 8.70. The zero-order chi connectivity index (χ0) is 9.97. The Hall–Kier alpha value is -1.05. The second kappa shape index (κ2) is 3.99. The summed E-state index contributed by atoms with van der Waals surface area (Å²) >= 11 is 0. The maximum absolute atomic E-state index is 11.5. The Bertz CT molecular complexity index is 361. The standard InChI is InChI=1S/C12H17NO/c1-10-6-7-12(14)13(8-10)9-11-4-2-3-5-11/h6-8,11H,2-5,9H2,1H3. The van der Waals surface area contributed by atoms with Crippen molar-refractivity contribution in [2.45, 2.75) is 39.2 Å². The van der Waals surface area contributed by atoms with Crippen molar-refractivity contribution in [1.82, 2.24) is 4.57 Å². The van der Waals surface area contributed by atoms with E-state index >= 15 is 0 Å². The van der Waals surface area contributed by atoms with Crippen LogP contribution >= 0.6 is 0 Å². The van der Waals surface area contributed by atoms with E-state index in [0.717, 1.165) is 12.5 Å². The van der Waals surface area contributed by atoms with Crippen LogP contribution in [0.4, 0.5) is 0 Å². The lowest BCUT2D eigenvalue weighted by atomic mass is 10.1. The summed E-state index contributed by atoms with van der Waals surface area (Å²) in [7, 11) is 0. The maximum Gasteiger partial charge on any atom is 0.250 e. The van der Waals surface area contributed by atoms with Crippen LogP contribution < -0.4 is 5.56 Å². The average Bonchev–Trinajstić information content (AvgIpc) is 2.64. The van der Waals surface area contributed by atoms with Crippen LogP contribution in [0.3, 0.4) is 0 Å². The smallest absolute Gasteiger partial charge is 0.250 e. The summed E-state index contributed by atoms with van der Waals surface area (Å²) in [5.74, 6) is 0.731. The van der Waals surface area contributed by atoms with E-state index in [9.17, 15) is 4.79 Å². The molecule has 0 radical (unpaired) electrons. The van der Waals surface area contributed by atoms with Gasteiger partial charge in [-0.1, -0.05) is 18.9 Å². The Morgan fingerprint density at radius 3 is 2.79 bits per heavy atom. The zero-order valence-electron chi connectivity index (χ0n) is 8.70. The predicted molar refractivity (Wildman–Crippen MR) is 57.4 cm³/mol. The predicted octanol–water partition coefficient (Wildman–Crippen LogP) is 2.35. The lowest BCUT2D eigenvalue weighted by Gasteiger charge is -2.11. The van der Waals surface area contributed by atoms with Crippen LogP contribution in [0, 0.1) is 12.8 Å². The highest BCUT2D eigenvalue weighted by molar-refractivity contribution is 5.07. The van der Waals surface area contributed by atoms with E-state index in [-0.39, 0.29) is 5.56 Å². The molecule has 0 aromatic carbocycles. The van der Waals surface area contributed by atoms with Crippen molar-refractivity contribution in [2.75, 3.05) is 0 Å². The first kappa shape index (κ1) is 9.50. The second-order valence-electron chi connectivity index (χ2n) is 4.35. The summed E-state index contributed by atoms with van der Waals surface area (Å²) < 4.78 is 1.87. The van der Waals surface area contributed by atoms with Gasteiger partial charge in [-0.2, -0.15) is 0 Å². The molecule has 2 nitrogen and oxygen atoms in total. The van der Waals surface area contributed by atoms with Gasteiger partial charge < -0.3 is 4.57 Å². The maximum atomic E-state index is 11.5. The number of aryl methyl sites for hydroxylation is 1. The van der Waals surface area contributed by atoms with Gasteiger partial charge in [0.05, 0.1) is 0 Å². The lowest BCUT2D eigenvalue weighted by molar-refractivity contribution is 0.448. The van der Waals surface area contributed by atoms with Crippen LogP contribution in [0.2, 0.25) is 0 Å². The molecule has 1 aromatic rings. The fourth-order valence-electron chi connectivity index (χ4n) is 2.26. The van der Waals surface area contributed by atoms with Gasteiger partial charge in [0.1, 0.15) is 0 Å². The number of rotatable bonds is 2. The van der Waals surface area contributed by atoms with E-state index in [1.807, 2.05) is 23.8 Å². The van der Waals surface area contributed by atoms with Crippen molar-refractivity contribution in [1.29, 1.82) is 0 Å². The molecule has 0 atom stereocenters. The SMILES string of the molecule is Cc1ccc(=O)n(CC2CCCC2)c1. The van der Waals surface area contributed by atoms with E-state index in [4.69, 9.17) is 0 Å². The second-order valence-corrected chi connectivity index (χ2v) is 4.35. The molecule has 1 fully saturated rings. The Balaban J connectivity index is 2.15. The molecule has 0 spiro atoms. The van der Waals surface area contributed by atoms with Crippen molar-refractivity contribution in [3.05, 3.63) is 34.2 Å². The Kier molecular flexibility index (Phi) is 2.71. The van der Waals surface area contributed by atoms with Gasteiger partial charge in [0.2, 0.25) is 0 Å². The largest absolute Gasteiger partial charge is 0.315 e. The van der Waals surface area contributed by atoms with Gasteiger partial charge in [-0.05, 0) is 31.2 Å². The molecule has 1 aliphatic carbocycles. The first-order chi connectivity index (χ1) is 6.75. The van der Waals surface area contributed by atoms with Crippen molar-refractivity contribution in [3.8, 4) is 0 Å². The molecule has 1 saturated carbocycles. The van der Waals surface area contributed by atoms with E-state index in [2.05, 4.69) is 0 Å². The van der Waals surface area contributed by atoms with E-state index in [1.54, 1.807) is 6.07 Å². The third-order valence-corrected chi connectivity index (χ3v) is 3.06. The van der Waals surface area contributed by atoms with Gasteiger partial charge in [-0.25, -0.2) is 0 Å². The third-order valence-electron chi connectivity index (χ3n) is 3.06. The van der Waals surface area contributed by atoms with Crippen LogP contribution in [0.1, 0.15) is 31.2 Å². The van der Waals surface area contributed by atoms with Gasteiger partial charge in [-0.3, -0.25) is 4.79 Å². The van der Waals surface area contributed by atoms with Crippen LogP contribution in [0.15, 0.2) is 23.1 Å². The van der Waals surface area contributed by atoms with Crippen LogP contribution in [0.5, 0.6) is 0 Å². The normalized spacial score (nSPS) is 17.5. The minimum Gasteiger partial charge on any atom is -0.315 e. The quantitative estimate of drug-likeness (QED) is 0.703. The highest BCUT2D eigenvalue weighted by atomic mass is 16.1. The molecule has 2 heteroatoms. The van der Waals surface area contributed by atoms with Gasteiger partial charge in [0.25, 0.3) is 5.56 Å². The molecule has 0 unspecified atom stereocenters. The van der Waals surface area contributed by atoms with E-state index in [1.165, 1.54) is 31.2 Å². The van der Waals surface area contributed by atoms with Crippen LogP contribution in [0.25, 0.3) is 0 Å². The molecule has 14 heavy (non-hydrogen) atoms. The molecule has 0 bridgehead atoms. The number of pyridine rings is 1.